The summed E-state index contributed by atoms with van der Waals surface area (Å²) in [5, 5.41) is 9.20. The van der Waals surface area contributed by atoms with Crippen LogP contribution in [-0.2, 0) is 22.2 Å². The van der Waals surface area contributed by atoms with Crippen LogP contribution in [0.2, 0.25) is 0 Å². The molecule has 2 N–H and O–H groups in total. The number of aromatic hydroxyl groups is 1. The fraction of sp³-hybridized carbons (Fsp3) is 0.294. The summed E-state index contributed by atoms with van der Waals surface area (Å²) in [5.74, 6) is 0.245. The average Bonchev–Trinajstić information content (AvgIpc) is 2.48. The number of sulfonamides is 1. The van der Waals surface area contributed by atoms with Gasteiger partial charge in [-0.05, 0) is 43.0 Å². The number of aryl methyl sites for hydroxylation is 2. The van der Waals surface area contributed by atoms with Gasteiger partial charge in [0.25, 0.3) is 0 Å². The van der Waals surface area contributed by atoms with Crippen LogP contribution in [0.5, 0.6) is 5.75 Å². The van der Waals surface area contributed by atoms with E-state index in [0.717, 1.165) is 29.5 Å². The lowest BCUT2D eigenvalue weighted by Crippen LogP contribution is -2.26. The number of phenolic OH excluding ortho intramolecular Hbond substituents is 1. The Morgan fingerprint density at radius 3 is 2.18 bits per heavy atom. The Bertz CT molecular complexity index is 692. The van der Waals surface area contributed by atoms with Gasteiger partial charge in [0, 0.05) is 6.54 Å². The normalized spacial score (nSPS) is 11.5. The van der Waals surface area contributed by atoms with Crippen LogP contribution in [0.3, 0.4) is 0 Å². The first-order valence-corrected chi connectivity index (χ1v) is 8.91. The van der Waals surface area contributed by atoms with Crippen molar-refractivity contribution in [2.75, 3.05) is 6.54 Å². The van der Waals surface area contributed by atoms with Crippen LogP contribution in [0.4, 0.5) is 0 Å². The van der Waals surface area contributed by atoms with Gasteiger partial charge in [-0.25, -0.2) is 13.1 Å². The summed E-state index contributed by atoms with van der Waals surface area (Å²) in [4.78, 5) is 0. The van der Waals surface area contributed by atoms with Gasteiger partial charge in [0.05, 0.1) is 5.75 Å². The molecule has 2 aromatic rings. The van der Waals surface area contributed by atoms with Crippen LogP contribution in [0.1, 0.15) is 23.1 Å². The molecule has 22 heavy (non-hydrogen) atoms. The van der Waals surface area contributed by atoms with Gasteiger partial charge in [0.15, 0.2) is 0 Å². The van der Waals surface area contributed by atoms with Crippen molar-refractivity contribution >= 4 is 10.0 Å². The zero-order chi connectivity index (χ0) is 16.0. The van der Waals surface area contributed by atoms with E-state index >= 15 is 0 Å². The molecule has 0 aromatic heterocycles. The zero-order valence-corrected chi connectivity index (χ0v) is 13.4. The molecular weight excluding hydrogens is 298 g/mol. The molecule has 5 heteroatoms. The molecule has 0 atom stereocenters. The van der Waals surface area contributed by atoms with Gasteiger partial charge in [-0.2, -0.15) is 0 Å². The Hall–Kier alpha value is -1.85. The number of nitrogens with one attached hydrogen (secondary N) is 1. The summed E-state index contributed by atoms with van der Waals surface area (Å²) in [6.45, 7) is 2.38. The van der Waals surface area contributed by atoms with Gasteiger partial charge in [0.2, 0.25) is 10.0 Å². The van der Waals surface area contributed by atoms with E-state index in [4.69, 9.17) is 0 Å². The average molecular weight is 319 g/mol. The minimum absolute atomic E-state index is 0.00644. The van der Waals surface area contributed by atoms with Crippen LogP contribution in [0.25, 0.3) is 0 Å². The van der Waals surface area contributed by atoms with Gasteiger partial charge >= 0.3 is 0 Å². The molecular formula is C17H21NO3S. The van der Waals surface area contributed by atoms with Crippen LogP contribution in [0, 0.1) is 6.92 Å². The maximum atomic E-state index is 12.0. The third kappa shape index (κ3) is 5.50. The number of hydrogen-bond donors (Lipinski definition) is 2. The van der Waals surface area contributed by atoms with Gasteiger partial charge in [-0.1, -0.05) is 42.0 Å². The Morgan fingerprint density at radius 2 is 1.55 bits per heavy atom. The molecule has 0 spiro atoms. The Morgan fingerprint density at radius 1 is 0.955 bits per heavy atom. The second kappa shape index (κ2) is 7.42. The quantitative estimate of drug-likeness (QED) is 0.771. The minimum atomic E-state index is -3.30. The molecule has 0 heterocycles. The molecule has 0 saturated carbocycles. The lowest BCUT2D eigenvalue weighted by atomic mass is 10.1. The molecule has 4 nitrogen and oxygen atoms in total. The lowest BCUT2D eigenvalue weighted by molar-refractivity contribution is 0.475. The van der Waals surface area contributed by atoms with E-state index < -0.39 is 10.0 Å². The molecule has 0 fully saturated rings. The van der Waals surface area contributed by atoms with Crippen molar-refractivity contribution in [1.29, 1.82) is 0 Å². The predicted molar refractivity (Wildman–Crippen MR) is 88.2 cm³/mol. The summed E-state index contributed by atoms with van der Waals surface area (Å²) >= 11 is 0. The van der Waals surface area contributed by atoms with E-state index in [-0.39, 0.29) is 11.5 Å². The van der Waals surface area contributed by atoms with Crippen molar-refractivity contribution in [3.8, 4) is 5.75 Å². The predicted octanol–water partition coefficient (Wildman–Crippen LogP) is 2.75. The first-order valence-electron chi connectivity index (χ1n) is 7.25. The van der Waals surface area contributed by atoms with Crippen LogP contribution >= 0.6 is 0 Å². The molecule has 2 rings (SSSR count). The number of phenols is 1. The molecule has 2 aromatic carbocycles. The van der Waals surface area contributed by atoms with Gasteiger partial charge < -0.3 is 5.11 Å². The maximum absolute atomic E-state index is 12.0. The highest BCUT2D eigenvalue weighted by Crippen LogP contribution is 2.11. The second-order valence-electron chi connectivity index (χ2n) is 5.41. The van der Waals surface area contributed by atoms with Crippen LogP contribution < -0.4 is 4.72 Å². The van der Waals surface area contributed by atoms with Crippen molar-refractivity contribution < 1.29 is 13.5 Å². The van der Waals surface area contributed by atoms with Crippen molar-refractivity contribution in [3.05, 3.63) is 65.2 Å². The second-order valence-corrected chi connectivity index (χ2v) is 7.22. The third-order valence-corrected chi connectivity index (χ3v) is 4.74. The molecule has 0 aliphatic carbocycles. The third-order valence-electron chi connectivity index (χ3n) is 3.38. The molecule has 0 aliphatic heterocycles. The van der Waals surface area contributed by atoms with Crippen molar-refractivity contribution in [1.82, 2.24) is 4.72 Å². The topological polar surface area (TPSA) is 66.4 Å². The maximum Gasteiger partial charge on any atom is 0.215 e. The molecule has 0 unspecified atom stereocenters. The van der Waals surface area contributed by atoms with E-state index in [0.29, 0.717) is 6.54 Å². The van der Waals surface area contributed by atoms with Gasteiger partial charge in [0.1, 0.15) is 5.75 Å². The molecule has 0 amide bonds. The minimum Gasteiger partial charge on any atom is -0.508 e. The van der Waals surface area contributed by atoms with Crippen LogP contribution in [0.15, 0.2) is 48.5 Å². The fourth-order valence-electron chi connectivity index (χ4n) is 2.14. The highest BCUT2D eigenvalue weighted by atomic mass is 32.2. The molecule has 0 aliphatic rings. The van der Waals surface area contributed by atoms with Crippen LogP contribution in [-0.4, -0.2) is 20.1 Å². The summed E-state index contributed by atoms with van der Waals surface area (Å²) in [5.41, 5.74) is 2.98. The fourth-order valence-corrected chi connectivity index (χ4v) is 3.33. The Labute approximate surface area is 131 Å². The first kappa shape index (κ1) is 16.5. The number of rotatable bonds is 7. The zero-order valence-electron chi connectivity index (χ0n) is 12.6. The largest absolute Gasteiger partial charge is 0.508 e. The molecule has 0 radical (unpaired) electrons. The van der Waals surface area contributed by atoms with E-state index in [1.165, 1.54) is 0 Å². The lowest BCUT2D eigenvalue weighted by Gasteiger charge is -2.07. The molecule has 0 bridgehead atoms. The smallest absolute Gasteiger partial charge is 0.215 e. The Balaban J connectivity index is 1.77. The summed E-state index contributed by atoms with van der Waals surface area (Å²) in [6.07, 6.45) is 1.49. The van der Waals surface area contributed by atoms with Crippen molar-refractivity contribution in [2.45, 2.75) is 25.5 Å². The number of benzene rings is 2. The highest BCUT2D eigenvalue weighted by molar-refractivity contribution is 7.88. The summed E-state index contributed by atoms with van der Waals surface area (Å²) in [6, 6.07) is 14.5. The highest BCUT2D eigenvalue weighted by Gasteiger charge is 2.10. The van der Waals surface area contributed by atoms with E-state index in [1.54, 1.807) is 12.1 Å². The molecule has 118 valence electrons. The van der Waals surface area contributed by atoms with E-state index in [9.17, 15) is 13.5 Å². The SMILES string of the molecule is Cc1ccc(CS(=O)(=O)NCCCc2ccc(O)cc2)cc1. The Kier molecular flexibility index (Phi) is 5.57. The standard InChI is InChI=1S/C17H21NO3S/c1-14-4-6-16(7-5-14)13-22(20,21)18-12-2-3-15-8-10-17(19)11-9-15/h4-11,18-19H,2-3,12-13H2,1H3. The first-order chi connectivity index (χ1) is 10.4. The van der Waals surface area contributed by atoms with Gasteiger partial charge in [-0.15, -0.1) is 0 Å². The van der Waals surface area contributed by atoms with Gasteiger partial charge in [-0.3, -0.25) is 0 Å². The monoisotopic (exact) mass is 319 g/mol. The van der Waals surface area contributed by atoms with E-state index in [1.807, 2.05) is 43.3 Å². The van der Waals surface area contributed by atoms with Crippen molar-refractivity contribution in [2.24, 2.45) is 0 Å². The summed E-state index contributed by atoms with van der Waals surface area (Å²) in [7, 11) is -3.30. The number of hydrogen-bond acceptors (Lipinski definition) is 3. The van der Waals surface area contributed by atoms with Crippen molar-refractivity contribution in [3.63, 3.8) is 0 Å². The van der Waals surface area contributed by atoms with E-state index in [2.05, 4.69) is 4.72 Å². The summed E-state index contributed by atoms with van der Waals surface area (Å²) < 4.78 is 26.6. The molecule has 0 saturated heterocycles.